The maximum Gasteiger partial charge on any atom is 0.421 e. The third kappa shape index (κ3) is 8.08. The number of carbonyl (C=O) groups is 5. The van der Waals surface area contributed by atoms with Crippen molar-refractivity contribution in [1.29, 1.82) is 0 Å². The van der Waals surface area contributed by atoms with E-state index in [-0.39, 0.29) is 42.4 Å². The Labute approximate surface area is 328 Å². The molecule has 18 heteroatoms. The summed E-state index contributed by atoms with van der Waals surface area (Å²) in [5.41, 5.74) is 5.40. The highest BCUT2D eigenvalue weighted by Crippen LogP contribution is 2.40. The fraction of sp³-hybridized carbons (Fsp3) is 0.333. The summed E-state index contributed by atoms with van der Waals surface area (Å²) in [5, 5.41) is 15.1. The fourth-order valence-corrected chi connectivity index (χ4v) is 8.36. The van der Waals surface area contributed by atoms with Gasteiger partial charge in [0, 0.05) is 48.8 Å². The van der Waals surface area contributed by atoms with Crippen LogP contribution in [0.25, 0.3) is 16.4 Å². The Morgan fingerprint density at radius 2 is 1.68 bits per heavy atom. The normalized spacial score (nSPS) is 16.3. The monoisotopic (exact) mass is 799 g/mol. The first-order valence-electron chi connectivity index (χ1n) is 17.7. The molecule has 1 aliphatic heterocycles. The first-order valence-corrected chi connectivity index (χ1v) is 19.1. The molecular formula is C39H41N7O10S. The summed E-state index contributed by atoms with van der Waals surface area (Å²) in [4.78, 5) is 84.9. The fourth-order valence-electron chi connectivity index (χ4n) is 6.82. The lowest BCUT2D eigenvalue weighted by molar-refractivity contribution is -0.387. The van der Waals surface area contributed by atoms with Gasteiger partial charge in [-0.2, -0.15) is 4.79 Å². The Morgan fingerprint density at radius 1 is 1.05 bits per heavy atom. The van der Waals surface area contributed by atoms with Crippen LogP contribution in [-0.2, 0) is 40.5 Å². The molecule has 0 spiro atoms. The number of nitro groups is 1. The number of piperidine rings is 1. The van der Waals surface area contributed by atoms with E-state index in [2.05, 4.69) is 10.1 Å². The second-order valence-corrected chi connectivity index (χ2v) is 16.5. The van der Waals surface area contributed by atoms with Gasteiger partial charge in [-0.1, -0.05) is 42.5 Å². The molecule has 17 nitrogen and oxygen atoms in total. The molecule has 1 aliphatic rings. The highest BCUT2D eigenvalue weighted by Gasteiger charge is 2.53. The van der Waals surface area contributed by atoms with Gasteiger partial charge in [0.25, 0.3) is 15.7 Å². The minimum absolute atomic E-state index is 0.00226. The number of amides is 4. The number of hydrogen-bond donors (Lipinski definition) is 1. The number of benzene rings is 3. The van der Waals surface area contributed by atoms with Crippen LogP contribution in [0.5, 0.6) is 5.75 Å². The van der Waals surface area contributed by atoms with E-state index in [0.717, 1.165) is 34.1 Å². The second kappa shape index (κ2) is 15.9. The van der Waals surface area contributed by atoms with E-state index >= 15 is 4.79 Å². The van der Waals surface area contributed by atoms with Crippen molar-refractivity contribution in [3.8, 4) is 5.75 Å². The average Bonchev–Trinajstić information content (AvgIpc) is 3.55. The lowest BCUT2D eigenvalue weighted by Crippen LogP contribution is -2.60. The minimum atomic E-state index is -4.73. The minimum Gasteiger partial charge on any atom is -0.497 e. The van der Waals surface area contributed by atoms with Crippen molar-refractivity contribution in [3.63, 3.8) is 0 Å². The zero-order chi connectivity index (χ0) is 42.0. The van der Waals surface area contributed by atoms with Gasteiger partial charge in [-0.25, -0.2) is 12.4 Å². The smallest absolute Gasteiger partial charge is 0.421 e. The number of likely N-dealkylation sites (tertiary alicyclic amines) is 1. The number of ketones is 1. The van der Waals surface area contributed by atoms with Crippen molar-refractivity contribution >= 4 is 61.7 Å². The summed E-state index contributed by atoms with van der Waals surface area (Å²) in [5.74, 6) is -4.33. The van der Waals surface area contributed by atoms with Crippen LogP contribution in [0.2, 0.25) is 0 Å². The third-order valence-electron chi connectivity index (χ3n) is 9.56. The highest BCUT2D eigenvalue weighted by molar-refractivity contribution is 7.90. The van der Waals surface area contributed by atoms with Crippen LogP contribution in [0.1, 0.15) is 64.6 Å². The molecule has 0 radical (unpaired) electrons. The Hall–Kier alpha value is -6.52. The molecule has 1 fully saturated rings. The van der Waals surface area contributed by atoms with Crippen LogP contribution in [0.15, 0.2) is 83.9 Å². The molecule has 3 aromatic carbocycles. The molecule has 4 amide bonds. The number of nitro benzene ring substituents is 1. The number of para-hydroxylation sites is 2. The summed E-state index contributed by atoms with van der Waals surface area (Å²) >= 11 is 0. The first kappa shape index (κ1) is 41.6. The molecule has 0 saturated carbocycles. The number of nitrogens with one attached hydrogen (secondary N) is 1. The molecule has 2 atom stereocenters. The van der Waals surface area contributed by atoms with Gasteiger partial charge < -0.3 is 20.5 Å². The summed E-state index contributed by atoms with van der Waals surface area (Å²) in [7, 11) is -3.27. The zero-order valence-electron chi connectivity index (χ0n) is 32.1. The first-order chi connectivity index (χ1) is 26.8. The van der Waals surface area contributed by atoms with Crippen LogP contribution in [-0.4, -0.2) is 86.2 Å². The van der Waals surface area contributed by atoms with Gasteiger partial charge in [0.1, 0.15) is 17.2 Å². The van der Waals surface area contributed by atoms with Crippen molar-refractivity contribution in [2.75, 3.05) is 13.7 Å². The highest BCUT2D eigenvalue weighted by atomic mass is 32.2. The number of ether oxygens (including phenoxy) is 1. The molecule has 2 heterocycles. The molecule has 4 aromatic rings. The molecule has 1 N–H and O–H groups in total. The number of fused-ring (bicyclic) bond motifs is 1. The van der Waals surface area contributed by atoms with E-state index in [9.17, 15) is 43.2 Å². The number of Topliss-reactive ketones (excluding diaryl/α,β-unsaturated/α-hetero) is 1. The standard InChI is InChI=1S/C39H41N7O10S/c1-24(47)32(42-40)35(49)43-21-11-20-39(5,36(43)50)37(51)44(22-25-16-18-26(56-6)19-17-25)33(34(48)41-38(2,3)4)28-23-45(29-13-8-7-12-27(28)29)57(54,55)31-15-10-9-14-30(31)46(52)53/h7-10,12-19,23,33H,11,20-22H2,1-6H3,(H,41,48)/t33?,39-/m0/s1. The molecule has 0 bridgehead atoms. The van der Waals surface area contributed by atoms with Crippen molar-refractivity contribution in [2.45, 2.75) is 70.5 Å². The van der Waals surface area contributed by atoms with Gasteiger partial charge in [-0.15, -0.1) is 0 Å². The lowest BCUT2D eigenvalue weighted by Gasteiger charge is -2.42. The summed E-state index contributed by atoms with van der Waals surface area (Å²) in [6.45, 7) is 6.86. The van der Waals surface area contributed by atoms with Crippen LogP contribution < -0.4 is 10.1 Å². The van der Waals surface area contributed by atoms with E-state index < -0.39 is 77.6 Å². The van der Waals surface area contributed by atoms with Gasteiger partial charge >= 0.3 is 11.6 Å². The average molecular weight is 800 g/mol. The van der Waals surface area contributed by atoms with Crippen LogP contribution >= 0.6 is 0 Å². The van der Waals surface area contributed by atoms with Crippen LogP contribution in [0, 0.1) is 15.5 Å². The Morgan fingerprint density at radius 3 is 2.28 bits per heavy atom. The van der Waals surface area contributed by atoms with E-state index in [1.807, 2.05) is 0 Å². The van der Waals surface area contributed by atoms with E-state index in [1.165, 1.54) is 38.3 Å². The van der Waals surface area contributed by atoms with Crippen molar-refractivity contribution in [3.05, 3.63) is 106 Å². The number of imide groups is 1. The number of rotatable bonds is 12. The quantitative estimate of drug-likeness (QED) is 0.0536. The number of methoxy groups -OCH3 is 1. The zero-order valence-corrected chi connectivity index (χ0v) is 32.9. The van der Waals surface area contributed by atoms with Gasteiger partial charge in [0.05, 0.1) is 17.5 Å². The molecular weight excluding hydrogens is 759 g/mol. The van der Waals surface area contributed by atoms with Gasteiger partial charge in [-0.3, -0.25) is 39.0 Å². The van der Waals surface area contributed by atoms with Crippen LogP contribution in [0.3, 0.4) is 0 Å². The van der Waals surface area contributed by atoms with E-state index in [4.69, 9.17) is 4.74 Å². The molecule has 1 saturated heterocycles. The van der Waals surface area contributed by atoms with Gasteiger partial charge in [0.2, 0.25) is 23.5 Å². The van der Waals surface area contributed by atoms with E-state index in [1.54, 1.807) is 57.2 Å². The third-order valence-corrected chi connectivity index (χ3v) is 11.3. The molecule has 57 heavy (non-hydrogen) atoms. The van der Waals surface area contributed by atoms with E-state index in [0.29, 0.717) is 16.2 Å². The summed E-state index contributed by atoms with van der Waals surface area (Å²) in [6.07, 6.45) is 1.13. The van der Waals surface area contributed by atoms with Crippen molar-refractivity contribution in [2.24, 2.45) is 5.41 Å². The van der Waals surface area contributed by atoms with Crippen molar-refractivity contribution < 1.29 is 46.8 Å². The predicted molar refractivity (Wildman–Crippen MR) is 205 cm³/mol. The molecule has 1 aromatic heterocycles. The Bertz CT molecular complexity index is 2470. The number of nitrogens with zero attached hydrogens (tertiary/aromatic N) is 6. The Balaban J connectivity index is 1.78. The molecule has 1 unspecified atom stereocenters. The number of aromatic nitrogens is 1. The summed E-state index contributed by atoms with van der Waals surface area (Å²) in [6, 6.07) is 15.8. The maximum atomic E-state index is 15.3. The number of carbonyl (C=O) groups excluding carboxylic acids is 5. The molecule has 5 rings (SSSR count). The predicted octanol–water partition coefficient (Wildman–Crippen LogP) is 4.19. The largest absolute Gasteiger partial charge is 0.497 e. The molecule has 0 aliphatic carbocycles. The maximum absolute atomic E-state index is 15.3. The van der Waals surface area contributed by atoms with Crippen LogP contribution in [0.4, 0.5) is 5.69 Å². The lowest BCUT2D eigenvalue weighted by atomic mass is 9.78. The summed E-state index contributed by atoms with van der Waals surface area (Å²) < 4.78 is 34.8. The number of hydrogen-bond acceptors (Lipinski definition) is 10. The van der Waals surface area contributed by atoms with Gasteiger partial charge in [-0.05, 0) is 70.4 Å². The SMILES string of the molecule is COc1ccc(CN(C(=O)[C@@]2(C)CCCN(C(=O)C(=[N+]=[N-])C(C)=O)C2=O)C(C(=O)NC(C)(C)C)c2cn(S(=O)(=O)c3ccccc3[N+](=O)[O-])c3ccccc23)cc1. The second-order valence-electron chi connectivity index (χ2n) is 14.8. The Kier molecular flexibility index (Phi) is 11.6. The molecule has 298 valence electrons. The van der Waals surface area contributed by atoms with Gasteiger partial charge in [0.15, 0.2) is 4.90 Å². The topological polar surface area (TPSA) is 232 Å². The van der Waals surface area contributed by atoms with Crippen molar-refractivity contribution in [1.82, 2.24) is 19.1 Å².